The summed E-state index contributed by atoms with van der Waals surface area (Å²) < 4.78 is 31.4. The van der Waals surface area contributed by atoms with Gasteiger partial charge < -0.3 is 9.25 Å². The summed E-state index contributed by atoms with van der Waals surface area (Å²) in [6.07, 6.45) is 4.77. The molecule has 0 aromatic carbocycles. The van der Waals surface area contributed by atoms with Gasteiger partial charge in [0, 0.05) is 18.9 Å². The van der Waals surface area contributed by atoms with Crippen LogP contribution in [0.4, 0.5) is 8.78 Å². The van der Waals surface area contributed by atoms with E-state index < -0.39 is 17.1 Å². The van der Waals surface area contributed by atoms with Crippen LogP contribution in [0, 0.1) is 5.92 Å². The highest BCUT2D eigenvalue weighted by atomic mass is 19.3. The first-order valence-corrected chi connectivity index (χ1v) is 9.57. The van der Waals surface area contributed by atoms with Crippen LogP contribution in [0.5, 0.6) is 6.01 Å². The largest absolute Gasteiger partial charge is 0.403 e. The molecule has 2 aliphatic rings. The van der Waals surface area contributed by atoms with E-state index in [1.165, 1.54) is 25.3 Å². The molecular formula is C19H21F2N3O4. The number of alkyl halides is 2. The lowest BCUT2D eigenvalue weighted by atomic mass is 9.81. The second-order valence-corrected chi connectivity index (χ2v) is 7.58. The number of aromatic amines is 1. The van der Waals surface area contributed by atoms with Gasteiger partial charge in [0.15, 0.2) is 0 Å². The van der Waals surface area contributed by atoms with Crippen molar-refractivity contribution in [2.45, 2.75) is 63.7 Å². The normalized spacial score (nSPS) is 19.4. The van der Waals surface area contributed by atoms with E-state index in [-0.39, 0.29) is 42.8 Å². The van der Waals surface area contributed by atoms with Crippen molar-refractivity contribution in [1.82, 2.24) is 9.97 Å². The maximum Gasteiger partial charge on any atom is 0.337 e. The van der Waals surface area contributed by atoms with Crippen LogP contribution < -0.4 is 16.0 Å². The minimum atomic E-state index is -2.67. The fourth-order valence-corrected chi connectivity index (χ4v) is 3.61. The molecule has 0 bridgehead atoms. The van der Waals surface area contributed by atoms with Crippen molar-refractivity contribution in [3.8, 4) is 6.01 Å². The number of oxime groups is 1. The zero-order valence-corrected chi connectivity index (χ0v) is 15.3. The summed E-state index contributed by atoms with van der Waals surface area (Å²) >= 11 is 0. The predicted octanol–water partition coefficient (Wildman–Crippen LogP) is 3.55. The van der Waals surface area contributed by atoms with Gasteiger partial charge >= 0.3 is 11.6 Å². The van der Waals surface area contributed by atoms with Crippen LogP contribution in [0.1, 0.15) is 56.9 Å². The number of aromatic nitrogens is 2. The van der Waals surface area contributed by atoms with Crippen LogP contribution >= 0.6 is 0 Å². The molecule has 2 aliphatic carbocycles. The number of halogens is 2. The standard InChI is InChI=1S/C19H21F2N3O4/c20-19(21)8-6-13(7-9-19)24-28-18-22-16(26)15-12(5-4-11-2-1-3-11)10-14(25)27-17(15)23-18/h10-11H,1-9H2,(H,22,23,26). The molecule has 28 heavy (non-hydrogen) atoms. The Kier molecular flexibility index (Phi) is 4.99. The second-order valence-electron chi connectivity index (χ2n) is 7.58. The van der Waals surface area contributed by atoms with Crippen LogP contribution in [0.25, 0.3) is 11.1 Å². The fourth-order valence-electron chi connectivity index (χ4n) is 3.61. The molecule has 4 rings (SSSR count). The van der Waals surface area contributed by atoms with Crippen molar-refractivity contribution in [2.75, 3.05) is 0 Å². The summed E-state index contributed by atoms with van der Waals surface area (Å²) in [5.41, 5.74) is -0.0855. The van der Waals surface area contributed by atoms with E-state index in [0.717, 1.165) is 6.42 Å². The highest BCUT2D eigenvalue weighted by Crippen LogP contribution is 2.32. The Morgan fingerprint density at radius 2 is 2.04 bits per heavy atom. The number of nitrogens with zero attached hydrogens (tertiary/aromatic N) is 2. The molecule has 0 atom stereocenters. The SMILES string of the molecule is O=c1cc(CCC2CCC2)c2c(=O)[nH]c(ON=C3CCC(F)(F)CC3)nc2o1. The average Bonchev–Trinajstić information content (AvgIpc) is 2.58. The smallest absolute Gasteiger partial charge is 0.337 e. The second kappa shape index (κ2) is 7.44. The Balaban J connectivity index is 1.56. The zero-order valence-electron chi connectivity index (χ0n) is 15.3. The van der Waals surface area contributed by atoms with E-state index in [2.05, 4.69) is 15.1 Å². The summed E-state index contributed by atoms with van der Waals surface area (Å²) in [5.74, 6) is -2.04. The molecule has 0 unspecified atom stereocenters. The maximum atomic E-state index is 13.2. The van der Waals surface area contributed by atoms with Gasteiger partial charge in [-0.2, -0.15) is 4.98 Å². The molecule has 7 nitrogen and oxygen atoms in total. The molecule has 2 fully saturated rings. The van der Waals surface area contributed by atoms with Crippen molar-refractivity contribution >= 4 is 16.8 Å². The molecule has 2 aromatic rings. The molecule has 2 heterocycles. The van der Waals surface area contributed by atoms with Gasteiger partial charge in [-0.15, -0.1) is 0 Å². The maximum absolute atomic E-state index is 13.2. The van der Waals surface area contributed by atoms with Gasteiger partial charge in [-0.3, -0.25) is 9.78 Å². The number of fused-ring (bicyclic) bond motifs is 1. The van der Waals surface area contributed by atoms with E-state index >= 15 is 0 Å². The van der Waals surface area contributed by atoms with Crippen LogP contribution in [-0.4, -0.2) is 21.6 Å². The lowest BCUT2D eigenvalue weighted by Gasteiger charge is -2.25. The first-order chi connectivity index (χ1) is 13.4. The Morgan fingerprint density at radius 3 is 2.71 bits per heavy atom. The van der Waals surface area contributed by atoms with Gasteiger partial charge in [0.1, 0.15) is 5.39 Å². The molecule has 150 valence electrons. The molecule has 2 aromatic heterocycles. The number of nitrogens with one attached hydrogen (secondary N) is 1. The minimum Gasteiger partial charge on any atom is -0.403 e. The summed E-state index contributed by atoms with van der Waals surface area (Å²) in [6, 6.07) is 1.10. The lowest BCUT2D eigenvalue weighted by Crippen LogP contribution is -2.25. The van der Waals surface area contributed by atoms with Crippen molar-refractivity contribution in [3.05, 3.63) is 32.4 Å². The number of rotatable bonds is 5. The molecule has 9 heteroatoms. The summed E-state index contributed by atoms with van der Waals surface area (Å²) in [7, 11) is 0. The Morgan fingerprint density at radius 1 is 1.29 bits per heavy atom. The third kappa shape index (κ3) is 4.13. The monoisotopic (exact) mass is 393 g/mol. The van der Waals surface area contributed by atoms with Crippen LogP contribution in [0.15, 0.2) is 25.2 Å². The predicted molar refractivity (Wildman–Crippen MR) is 98.0 cm³/mol. The van der Waals surface area contributed by atoms with E-state index in [1.807, 2.05) is 0 Å². The summed E-state index contributed by atoms with van der Waals surface area (Å²) in [4.78, 5) is 36.0. The third-order valence-corrected chi connectivity index (χ3v) is 5.54. The van der Waals surface area contributed by atoms with Gasteiger partial charge in [0.05, 0.1) is 5.71 Å². The van der Waals surface area contributed by atoms with Crippen molar-refractivity contribution in [2.24, 2.45) is 11.1 Å². The quantitative estimate of drug-likeness (QED) is 0.784. The average molecular weight is 393 g/mol. The van der Waals surface area contributed by atoms with Gasteiger partial charge in [-0.1, -0.05) is 24.4 Å². The lowest BCUT2D eigenvalue weighted by molar-refractivity contribution is -0.0185. The molecule has 0 amide bonds. The van der Waals surface area contributed by atoms with Gasteiger partial charge in [-0.05, 0) is 37.2 Å². The van der Waals surface area contributed by atoms with E-state index in [1.54, 1.807) is 0 Å². The van der Waals surface area contributed by atoms with E-state index in [9.17, 15) is 18.4 Å². The number of aryl methyl sites for hydroxylation is 1. The molecule has 0 radical (unpaired) electrons. The number of hydrogen-bond donors (Lipinski definition) is 1. The Labute approximate surface area is 158 Å². The van der Waals surface area contributed by atoms with Crippen molar-refractivity contribution < 1.29 is 18.0 Å². The third-order valence-electron chi connectivity index (χ3n) is 5.54. The number of H-pyrrole nitrogens is 1. The highest BCUT2D eigenvalue weighted by molar-refractivity contribution is 5.84. The zero-order chi connectivity index (χ0) is 19.7. The summed E-state index contributed by atoms with van der Waals surface area (Å²) in [5, 5.41) is 4.05. The van der Waals surface area contributed by atoms with Crippen molar-refractivity contribution in [3.63, 3.8) is 0 Å². The van der Waals surface area contributed by atoms with Gasteiger partial charge in [0.25, 0.3) is 5.56 Å². The van der Waals surface area contributed by atoms with E-state index in [4.69, 9.17) is 9.25 Å². The highest BCUT2D eigenvalue weighted by Gasteiger charge is 2.33. The van der Waals surface area contributed by atoms with Crippen LogP contribution in [0.3, 0.4) is 0 Å². The molecule has 0 spiro atoms. The molecule has 1 N–H and O–H groups in total. The van der Waals surface area contributed by atoms with Crippen LogP contribution in [-0.2, 0) is 6.42 Å². The fraction of sp³-hybridized carbons (Fsp3) is 0.579. The first kappa shape index (κ1) is 18.8. The van der Waals surface area contributed by atoms with Gasteiger partial charge in [-0.25, -0.2) is 13.6 Å². The topological polar surface area (TPSA) is 97.5 Å². The van der Waals surface area contributed by atoms with Gasteiger partial charge in [0.2, 0.25) is 11.6 Å². The molecule has 0 saturated heterocycles. The minimum absolute atomic E-state index is 0.106. The molecular weight excluding hydrogens is 372 g/mol. The Bertz CT molecular complexity index is 1010. The molecule has 0 aliphatic heterocycles. The Hall–Kier alpha value is -2.58. The first-order valence-electron chi connectivity index (χ1n) is 9.57. The molecule has 2 saturated carbocycles. The number of hydrogen-bond acceptors (Lipinski definition) is 6. The van der Waals surface area contributed by atoms with Crippen LogP contribution in [0.2, 0.25) is 0 Å². The van der Waals surface area contributed by atoms with Crippen molar-refractivity contribution in [1.29, 1.82) is 0 Å². The van der Waals surface area contributed by atoms with E-state index in [0.29, 0.717) is 23.6 Å². The summed E-state index contributed by atoms with van der Waals surface area (Å²) in [6.45, 7) is 0.